The van der Waals surface area contributed by atoms with E-state index >= 15 is 0 Å². The summed E-state index contributed by atoms with van der Waals surface area (Å²) in [5, 5.41) is 8.54. The van der Waals surface area contributed by atoms with Crippen molar-refractivity contribution in [3.05, 3.63) is 29.8 Å². The lowest BCUT2D eigenvalue weighted by atomic mass is 9.95. The maximum absolute atomic E-state index is 12.0. The first-order chi connectivity index (χ1) is 8.24. The highest BCUT2D eigenvalue weighted by Crippen LogP contribution is 2.26. The van der Waals surface area contributed by atoms with Gasteiger partial charge in [0.05, 0.1) is 12.3 Å². The molecule has 0 radical (unpaired) electrons. The van der Waals surface area contributed by atoms with Crippen molar-refractivity contribution in [1.82, 2.24) is 0 Å². The van der Waals surface area contributed by atoms with Crippen LogP contribution in [-0.2, 0) is 9.53 Å². The van der Waals surface area contributed by atoms with E-state index < -0.39 is 11.9 Å². The molecule has 1 aliphatic heterocycles. The van der Waals surface area contributed by atoms with Gasteiger partial charge < -0.3 is 9.84 Å². The zero-order valence-electron chi connectivity index (χ0n) is 9.00. The van der Waals surface area contributed by atoms with Crippen LogP contribution in [0.15, 0.2) is 29.3 Å². The largest absolute Gasteiger partial charge is 0.462 e. The van der Waals surface area contributed by atoms with E-state index in [-0.39, 0.29) is 19.0 Å². The lowest BCUT2D eigenvalue weighted by molar-refractivity contribution is -0.145. The summed E-state index contributed by atoms with van der Waals surface area (Å²) in [4.78, 5) is 27.5. The van der Waals surface area contributed by atoms with E-state index in [0.717, 1.165) is 0 Å². The standard InChI is InChI=1S/C12H11NO4/c14-5-6-17-12(16)9-7-13-10-4-2-1-3-8(10)11(9)15/h1-4,7,9,14H,5-6H2. The summed E-state index contributed by atoms with van der Waals surface area (Å²) < 4.78 is 4.72. The molecule has 0 bridgehead atoms. The third-order valence-electron chi connectivity index (χ3n) is 2.40. The second-order valence-electron chi connectivity index (χ2n) is 3.53. The molecule has 0 aromatic heterocycles. The minimum atomic E-state index is -1.00. The van der Waals surface area contributed by atoms with Crippen LogP contribution in [0.3, 0.4) is 0 Å². The maximum atomic E-state index is 12.0. The van der Waals surface area contributed by atoms with Gasteiger partial charge in [0.15, 0.2) is 11.7 Å². The number of carbonyl (C=O) groups is 2. The number of benzene rings is 1. The Morgan fingerprint density at radius 2 is 2.18 bits per heavy atom. The molecule has 1 unspecified atom stereocenters. The second kappa shape index (κ2) is 4.88. The number of ether oxygens (including phenoxy) is 1. The maximum Gasteiger partial charge on any atom is 0.322 e. The van der Waals surface area contributed by atoms with Gasteiger partial charge >= 0.3 is 5.97 Å². The molecule has 17 heavy (non-hydrogen) atoms. The average Bonchev–Trinajstić information content (AvgIpc) is 2.37. The molecular weight excluding hydrogens is 222 g/mol. The van der Waals surface area contributed by atoms with Crippen LogP contribution in [0, 0.1) is 5.92 Å². The predicted molar refractivity (Wildman–Crippen MR) is 60.5 cm³/mol. The van der Waals surface area contributed by atoms with Gasteiger partial charge in [-0.1, -0.05) is 12.1 Å². The second-order valence-corrected chi connectivity index (χ2v) is 3.53. The molecule has 1 aliphatic rings. The molecule has 0 aliphatic carbocycles. The lowest BCUT2D eigenvalue weighted by Crippen LogP contribution is -2.30. The van der Waals surface area contributed by atoms with Gasteiger partial charge in [-0.15, -0.1) is 0 Å². The number of aliphatic imine (C=N–C) groups is 1. The Labute approximate surface area is 97.7 Å². The molecule has 5 heteroatoms. The number of fused-ring (bicyclic) bond motifs is 1. The normalized spacial score (nSPS) is 17.7. The molecule has 0 saturated heterocycles. The highest BCUT2D eigenvalue weighted by molar-refractivity contribution is 6.22. The van der Waals surface area contributed by atoms with Gasteiger partial charge in [-0.2, -0.15) is 0 Å². The van der Waals surface area contributed by atoms with E-state index in [1.807, 2.05) is 0 Å². The third kappa shape index (κ3) is 2.24. The van der Waals surface area contributed by atoms with Crippen LogP contribution < -0.4 is 0 Å². The first-order valence-electron chi connectivity index (χ1n) is 5.19. The molecule has 0 saturated carbocycles. The van der Waals surface area contributed by atoms with Gasteiger partial charge in [0.1, 0.15) is 6.61 Å². The van der Waals surface area contributed by atoms with Crippen LogP contribution in [0.5, 0.6) is 0 Å². The summed E-state index contributed by atoms with van der Waals surface area (Å²) in [5.41, 5.74) is 0.977. The molecule has 5 nitrogen and oxygen atoms in total. The van der Waals surface area contributed by atoms with Crippen molar-refractivity contribution in [1.29, 1.82) is 0 Å². The Morgan fingerprint density at radius 3 is 2.94 bits per heavy atom. The fourth-order valence-electron chi connectivity index (χ4n) is 1.59. The SMILES string of the molecule is O=C(OCCO)C1C=Nc2ccccc2C1=O. The van der Waals surface area contributed by atoms with E-state index in [2.05, 4.69) is 4.99 Å². The topological polar surface area (TPSA) is 76.0 Å². The summed E-state index contributed by atoms with van der Waals surface area (Å²) in [6.45, 7) is -0.377. The molecule has 0 spiro atoms. The van der Waals surface area contributed by atoms with Crippen molar-refractivity contribution >= 4 is 23.7 Å². The zero-order chi connectivity index (χ0) is 12.3. The third-order valence-corrected chi connectivity index (χ3v) is 2.40. The van der Waals surface area contributed by atoms with Gasteiger partial charge in [0, 0.05) is 11.8 Å². The van der Waals surface area contributed by atoms with Crippen molar-refractivity contribution in [3.8, 4) is 0 Å². The molecular formula is C12H11NO4. The van der Waals surface area contributed by atoms with Gasteiger partial charge in [0.2, 0.25) is 0 Å². The highest BCUT2D eigenvalue weighted by Gasteiger charge is 2.31. The number of esters is 1. The summed E-state index contributed by atoms with van der Waals surface area (Å²) in [6.07, 6.45) is 1.28. The van der Waals surface area contributed by atoms with Gasteiger partial charge in [-0.25, -0.2) is 0 Å². The number of nitrogens with zero attached hydrogens (tertiary/aromatic N) is 1. The Kier molecular flexibility index (Phi) is 3.30. The Balaban J connectivity index is 2.20. The lowest BCUT2D eigenvalue weighted by Gasteiger charge is -2.15. The van der Waals surface area contributed by atoms with Gasteiger partial charge in [-0.05, 0) is 12.1 Å². The molecule has 0 fully saturated rings. The minimum Gasteiger partial charge on any atom is -0.462 e. The molecule has 1 atom stereocenters. The van der Waals surface area contributed by atoms with Gasteiger partial charge in [0.25, 0.3) is 0 Å². The summed E-state index contributed by atoms with van der Waals surface area (Å²) in [5.74, 6) is -2.00. The van der Waals surface area contributed by atoms with Crippen molar-refractivity contribution in [2.75, 3.05) is 13.2 Å². The summed E-state index contributed by atoms with van der Waals surface area (Å²) >= 11 is 0. The summed E-state index contributed by atoms with van der Waals surface area (Å²) in [6, 6.07) is 6.82. The number of ketones is 1. The molecule has 0 amide bonds. The quantitative estimate of drug-likeness (QED) is 0.617. The number of Topliss-reactive ketones (excluding diaryl/α,β-unsaturated/α-hetero) is 1. The molecule has 1 aromatic rings. The average molecular weight is 233 g/mol. The number of hydrogen-bond donors (Lipinski definition) is 1. The van der Waals surface area contributed by atoms with Crippen molar-refractivity contribution in [2.24, 2.45) is 10.9 Å². The van der Waals surface area contributed by atoms with E-state index in [9.17, 15) is 9.59 Å². The van der Waals surface area contributed by atoms with Crippen molar-refractivity contribution < 1.29 is 19.4 Å². The van der Waals surface area contributed by atoms with Gasteiger partial charge in [-0.3, -0.25) is 14.6 Å². The number of carbonyl (C=O) groups excluding carboxylic acids is 2. The molecule has 1 N–H and O–H groups in total. The number of hydrogen-bond acceptors (Lipinski definition) is 5. The monoisotopic (exact) mass is 233 g/mol. The van der Waals surface area contributed by atoms with Crippen LogP contribution in [0.4, 0.5) is 5.69 Å². The van der Waals surface area contributed by atoms with E-state index in [4.69, 9.17) is 9.84 Å². The van der Waals surface area contributed by atoms with E-state index in [0.29, 0.717) is 11.3 Å². The van der Waals surface area contributed by atoms with Crippen LogP contribution >= 0.6 is 0 Å². The first kappa shape index (κ1) is 11.5. The summed E-state index contributed by atoms with van der Waals surface area (Å²) in [7, 11) is 0. The Bertz CT molecular complexity index is 481. The minimum absolute atomic E-state index is 0.113. The number of aliphatic hydroxyl groups is 1. The Morgan fingerprint density at radius 1 is 1.41 bits per heavy atom. The first-order valence-corrected chi connectivity index (χ1v) is 5.19. The molecule has 1 aromatic carbocycles. The fourth-order valence-corrected chi connectivity index (χ4v) is 1.59. The molecule has 88 valence electrons. The zero-order valence-corrected chi connectivity index (χ0v) is 9.00. The van der Waals surface area contributed by atoms with E-state index in [1.54, 1.807) is 24.3 Å². The smallest absolute Gasteiger partial charge is 0.322 e. The number of para-hydroxylation sites is 1. The van der Waals surface area contributed by atoms with Crippen LogP contribution in [0.2, 0.25) is 0 Å². The number of rotatable bonds is 3. The van der Waals surface area contributed by atoms with Crippen LogP contribution in [0.25, 0.3) is 0 Å². The van der Waals surface area contributed by atoms with Crippen LogP contribution in [0.1, 0.15) is 10.4 Å². The molecule has 2 rings (SSSR count). The Hall–Kier alpha value is -2.01. The van der Waals surface area contributed by atoms with Crippen molar-refractivity contribution in [2.45, 2.75) is 0 Å². The van der Waals surface area contributed by atoms with Crippen molar-refractivity contribution in [3.63, 3.8) is 0 Å². The number of aliphatic hydroxyl groups excluding tert-OH is 1. The highest BCUT2D eigenvalue weighted by atomic mass is 16.5. The van der Waals surface area contributed by atoms with E-state index in [1.165, 1.54) is 6.21 Å². The fraction of sp³-hybridized carbons (Fsp3) is 0.250. The predicted octanol–water partition coefficient (Wildman–Crippen LogP) is 0.737. The van der Waals surface area contributed by atoms with Crippen LogP contribution in [-0.4, -0.2) is 36.3 Å². The molecule has 1 heterocycles.